The maximum absolute atomic E-state index is 8.24. The molecule has 0 bridgehead atoms. The van der Waals surface area contributed by atoms with Crippen LogP contribution < -0.4 is 29.6 Å². The second-order valence-electron chi connectivity index (χ2n) is 2.41. The van der Waals surface area contributed by atoms with Crippen molar-refractivity contribution in [3.63, 3.8) is 0 Å². The van der Waals surface area contributed by atoms with Gasteiger partial charge in [0.25, 0.3) is 0 Å². The Morgan fingerprint density at radius 1 is 1.57 bits per heavy atom. The average molecular weight is 233 g/mol. The van der Waals surface area contributed by atoms with E-state index in [2.05, 4.69) is 4.99 Å². The van der Waals surface area contributed by atoms with Gasteiger partial charge in [-0.05, 0) is 24.1 Å². The van der Waals surface area contributed by atoms with E-state index in [4.69, 9.17) is 29.5 Å². The molecule has 14 heavy (non-hydrogen) atoms. The van der Waals surface area contributed by atoms with E-state index in [1.807, 2.05) is 12.1 Å². The van der Waals surface area contributed by atoms with Crippen LogP contribution in [0.5, 0.6) is 0 Å². The van der Waals surface area contributed by atoms with E-state index in [0.717, 1.165) is 5.56 Å². The van der Waals surface area contributed by atoms with E-state index in [1.165, 1.54) is 0 Å². The monoisotopic (exact) mass is 232 g/mol. The minimum Gasteiger partial charge on any atom is -0.763 e. The van der Waals surface area contributed by atoms with Crippen molar-refractivity contribution < 1.29 is 29.6 Å². The third kappa shape index (κ3) is 4.94. The van der Waals surface area contributed by atoms with Crippen molar-refractivity contribution in [3.05, 3.63) is 34.9 Å². The van der Waals surface area contributed by atoms with Gasteiger partial charge in [0, 0.05) is 5.02 Å². The SMILES string of the molecule is N#CN=C([S-])Cc1cccc(Cl)c1.[Na+]. The molecule has 66 valence electrons. The molecule has 2 nitrogen and oxygen atoms in total. The summed E-state index contributed by atoms with van der Waals surface area (Å²) in [5.41, 5.74) is 0.969. The molecule has 0 aliphatic carbocycles. The zero-order valence-corrected chi connectivity index (χ0v) is 11.3. The number of rotatable bonds is 2. The molecule has 1 aromatic rings. The van der Waals surface area contributed by atoms with Crippen LogP contribution >= 0.6 is 11.6 Å². The summed E-state index contributed by atoms with van der Waals surface area (Å²) in [4.78, 5) is 3.44. The molecular formula is C9H6ClN2NaS. The van der Waals surface area contributed by atoms with Gasteiger partial charge in [-0.2, -0.15) is 5.26 Å². The number of benzene rings is 1. The normalized spacial score (nSPS) is 10.1. The molecular weight excluding hydrogens is 227 g/mol. The van der Waals surface area contributed by atoms with Gasteiger partial charge in [0.1, 0.15) is 0 Å². The van der Waals surface area contributed by atoms with Crippen LogP contribution in [0.25, 0.3) is 0 Å². The molecule has 0 saturated carbocycles. The first kappa shape index (κ1) is 13.9. The molecule has 0 fully saturated rings. The van der Waals surface area contributed by atoms with Gasteiger partial charge in [-0.15, -0.1) is 0 Å². The summed E-state index contributed by atoms with van der Waals surface area (Å²) in [6, 6.07) is 7.33. The fourth-order valence-electron chi connectivity index (χ4n) is 0.917. The van der Waals surface area contributed by atoms with Gasteiger partial charge in [-0.25, -0.2) is 4.99 Å². The van der Waals surface area contributed by atoms with Gasteiger partial charge in [0.05, 0.1) is 0 Å². The molecule has 0 spiro atoms. The quantitative estimate of drug-likeness (QED) is 0.223. The van der Waals surface area contributed by atoms with Crippen molar-refractivity contribution in [1.82, 2.24) is 0 Å². The van der Waals surface area contributed by atoms with Crippen LogP contribution in [0.1, 0.15) is 5.56 Å². The summed E-state index contributed by atoms with van der Waals surface area (Å²) >= 11 is 10.6. The zero-order valence-electron chi connectivity index (χ0n) is 7.70. The molecule has 0 aliphatic heterocycles. The Hall–Kier alpha value is -0.110. The number of nitrogens with zero attached hydrogens (tertiary/aromatic N) is 2. The molecule has 5 heteroatoms. The summed E-state index contributed by atoms with van der Waals surface area (Å²) in [5, 5.41) is 9.28. The minimum atomic E-state index is 0. The molecule has 1 aromatic carbocycles. The van der Waals surface area contributed by atoms with Crippen molar-refractivity contribution in [1.29, 1.82) is 5.26 Å². The Labute approximate surface area is 116 Å². The first-order valence-corrected chi connectivity index (χ1v) is 4.38. The number of aliphatic imine (C=N–C) groups is 1. The van der Waals surface area contributed by atoms with Crippen LogP contribution in [0.2, 0.25) is 5.02 Å². The molecule has 0 heterocycles. The Bertz CT molecular complexity index is 373. The fourth-order valence-corrected chi connectivity index (χ4v) is 1.34. The van der Waals surface area contributed by atoms with Crippen LogP contribution in [0.3, 0.4) is 0 Å². The van der Waals surface area contributed by atoms with Gasteiger partial charge in [-0.1, -0.05) is 28.8 Å². The molecule has 0 aliphatic rings. The Kier molecular flexibility index (Phi) is 7.16. The van der Waals surface area contributed by atoms with Crippen LogP contribution in [0.15, 0.2) is 29.3 Å². The maximum Gasteiger partial charge on any atom is 1.00 e. The van der Waals surface area contributed by atoms with Crippen molar-refractivity contribution >= 4 is 29.3 Å². The van der Waals surface area contributed by atoms with Crippen molar-refractivity contribution in [2.24, 2.45) is 4.99 Å². The Morgan fingerprint density at radius 2 is 2.29 bits per heavy atom. The van der Waals surface area contributed by atoms with E-state index in [-0.39, 0.29) is 29.6 Å². The second kappa shape index (κ2) is 7.22. The van der Waals surface area contributed by atoms with Crippen molar-refractivity contribution in [3.8, 4) is 6.19 Å². The summed E-state index contributed by atoms with van der Waals surface area (Å²) in [6.45, 7) is 0. The number of halogens is 1. The number of nitriles is 1. The Balaban J connectivity index is 0.00000169. The average Bonchev–Trinajstić information content (AvgIpc) is 2.04. The van der Waals surface area contributed by atoms with Crippen LogP contribution in [0.4, 0.5) is 0 Å². The summed E-state index contributed by atoms with van der Waals surface area (Å²) in [5.74, 6) is 0. The smallest absolute Gasteiger partial charge is 0.763 e. The van der Waals surface area contributed by atoms with Gasteiger partial charge in [0.2, 0.25) is 6.19 Å². The third-order valence-corrected chi connectivity index (χ3v) is 1.89. The van der Waals surface area contributed by atoms with E-state index in [0.29, 0.717) is 16.5 Å². The standard InChI is InChI=1S/C9H7ClN2S.Na/c10-8-3-1-2-7(4-8)5-9(13)12-6-11;/h1-4H,5H2,(H,12,13);/q;+1/p-1. The molecule has 0 radical (unpaired) electrons. The molecule has 0 saturated heterocycles. The first-order valence-electron chi connectivity index (χ1n) is 3.59. The maximum atomic E-state index is 8.24. The van der Waals surface area contributed by atoms with Gasteiger partial charge in [0.15, 0.2) is 0 Å². The summed E-state index contributed by atoms with van der Waals surface area (Å²) < 4.78 is 0. The van der Waals surface area contributed by atoms with Gasteiger partial charge < -0.3 is 12.6 Å². The second-order valence-corrected chi connectivity index (χ2v) is 3.32. The predicted octanol–water partition coefficient (Wildman–Crippen LogP) is -0.687. The van der Waals surface area contributed by atoms with E-state index in [9.17, 15) is 0 Å². The zero-order chi connectivity index (χ0) is 9.68. The molecule has 0 N–H and O–H groups in total. The first-order chi connectivity index (χ1) is 6.22. The van der Waals surface area contributed by atoms with E-state index >= 15 is 0 Å². The number of hydrogen-bond donors (Lipinski definition) is 0. The molecule has 1 rings (SSSR count). The molecule has 0 aromatic heterocycles. The summed E-state index contributed by atoms with van der Waals surface area (Å²) in [6.07, 6.45) is 2.14. The summed E-state index contributed by atoms with van der Waals surface area (Å²) in [7, 11) is 0. The van der Waals surface area contributed by atoms with Crippen molar-refractivity contribution in [2.45, 2.75) is 6.42 Å². The fraction of sp³-hybridized carbons (Fsp3) is 0.111. The van der Waals surface area contributed by atoms with Crippen molar-refractivity contribution in [2.75, 3.05) is 0 Å². The Morgan fingerprint density at radius 3 is 2.86 bits per heavy atom. The topological polar surface area (TPSA) is 36.1 Å². The van der Waals surface area contributed by atoms with Crippen LogP contribution in [-0.4, -0.2) is 5.04 Å². The predicted molar refractivity (Wildman–Crippen MR) is 55.6 cm³/mol. The minimum absolute atomic E-state index is 0. The number of hydrogen-bond acceptors (Lipinski definition) is 3. The van der Waals surface area contributed by atoms with Crippen LogP contribution in [0, 0.1) is 11.5 Å². The van der Waals surface area contributed by atoms with Crippen LogP contribution in [-0.2, 0) is 19.0 Å². The molecule has 0 amide bonds. The van der Waals surface area contributed by atoms with E-state index < -0.39 is 0 Å². The largest absolute Gasteiger partial charge is 1.00 e. The molecule has 0 unspecified atom stereocenters. The van der Waals surface area contributed by atoms with Gasteiger partial charge >= 0.3 is 29.6 Å². The van der Waals surface area contributed by atoms with Gasteiger partial charge in [-0.3, -0.25) is 0 Å². The molecule has 0 atom stereocenters. The third-order valence-electron chi connectivity index (χ3n) is 1.42. The van der Waals surface area contributed by atoms with E-state index in [1.54, 1.807) is 18.3 Å².